The molecule has 1 spiro atoms. The van der Waals surface area contributed by atoms with E-state index in [0.29, 0.717) is 11.8 Å². The van der Waals surface area contributed by atoms with Crippen molar-refractivity contribution in [1.82, 2.24) is 0 Å². The molecule has 0 bridgehead atoms. The second-order valence-electron chi connectivity index (χ2n) is 18.9. The summed E-state index contributed by atoms with van der Waals surface area (Å²) in [6, 6.07) is 59.4. The monoisotopic (exact) mass is 759 g/mol. The molecule has 3 unspecified atom stereocenters. The molecule has 1 nitrogen and oxygen atoms in total. The van der Waals surface area contributed by atoms with Crippen molar-refractivity contribution in [3.05, 3.63) is 220 Å². The fourth-order valence-electron chi connectivity index (χ4n) is 12.1. The van der Waals surface area contributed by atoms with Crippen LogP contribution in [0.3, 0.4) is 0 Å². The second-order valence-corrected chi connectivity index (χ2v) is 18.9. The summed E-state index contributed by atoms with van der Waals surface area (Å²) in [7, 11) is 0. The summed E-state index contributed by atoms with van der Waals surface area (Å²) >= 11 is 0. The van der Waals surface area contributed by atoms with E-state index in [1.54, 1.807) is 11.1 Å². The van der Waals surface area contributed by atoms with Crippen LogP contribution in [0.2, 0.25) is 0 Å². The highest BCUT2D eigenvalue weighted by molar-refractivity contribution is 5.91. The largest absolute Gasteiger partial charge is 0.311 e. The smallest absolute Gasteiger partial charge is 0.0462 e. The van der Waals surface area contributed by atoms with E-state index in [-0.39, 0.29) is 16.2 Å². The van der Waals surface area contributed by atoms with Gasteiger partial charge in [-0.3, -0.25) is 0 Å². The standard InChI is InChI=1S/C58H49N/c1-56(2)48-21-13-12-20-45(48)54-50(56)31-32-51-55(54)47-34-46-40(33-52(47)57(51,3)4)35-58(49-22-14-11-19-44(46)49)36-53(58)39-25-23-37(24-26-39)38-27-29-43(30-28-38)59(41-15-7-5-8-16-41)42-17-9-6-10-18-42/h5-19,21-34,45,53H,20,35-36H2,1-4H3. The lowest BCUT2D eigenvalue weighted by atomic mass is 9.72. The maximum atomic E-state index is 2.64. The lowest BCUT2D eigenvalue weighted by Gasteiger charge is -2.31. The van der Waals surface area contributed by atoms with Gasteiger partial charge in [-0.05, 0) is 140 Å². The Hall–Kier alpha value is -6.18. The Morgan fingerprint density at radius 2 is 1.15 bits per heavy atom. The zero-order valence-electron chi connectivity index (χ0n) is 34.5. The SMILES string of the molecule is CC1(C)C2=CC=CCC2c2c1ccc1c2-c2cc3c(cc2C1(C)C)CC1(CC1c1ccc(-c2ccc(N(c4ccccc4)c4ccccc4)cc2)cc1)c1ccccc1-3. The Morgan fingerprint density at radius 3 is 1.86 bits per heavy atom. The lowest BCUT2D eigenvalue weighted by Crippen LogP contribution is -2.21. The number of para-hydroxylation sites is 2. The van der Waals surface area contributed by atoms with Crippen LogP contribution in [0.1, 0.15) is 91.3 Å². The molecule has 0 heterocycles. The molecule has 0 N–H and O–H groups in total. The highest BCUT2D eigenvalue weighted by Gasteiger charge is 2.58. The first-order chi connectivity index (χ1) is 28.7. The molecule has 1 heteroatoms. The molecule has 3 atom stereocenters. The molecule has 0 aromatic heterocycles. The molecule has 5 aliphatic carbocycles. The number of rotatable bonds is 5. The maximum Gasteiger partial charge on any atom is 0.0462 e. The van der Waals surface area contributed by atoms with Crippen LogP contribution in [-0.4, -0.2) is 0 Å². The Balaban J connectivity index is 0.870. The van der Waals surface area contributed by atoms with Gasteiger partial charge in [-0.15, -0.1) is 0 Å². The van der Waals surface area contributed by atoms with Crippen LogP contribution in [0.5, 0.6) is 0 Å². The molecule has 0 amide bonds. The summed E-state index contributed by atoms with van der Waals surface area (Å²) in [5.41, 5.74) is 24.2. The number of nitrogens with zero attached hydrogens (tertiary/aromatic N) is 1. The average Bonchev–Trinajstić information content (AvgIpc) is 3.88. The Morgan fingerprint density at radius 1 is 0.525 bits per heavy atom. The predicted molar refractivity (Wildman–Crippen MR) is 246 cm³/mol. The van der Waals surface area contributed by atoms with Crippen LogP contribution < -0.4 is 4.90 Å². The quantitative estimate of drug-likeness (QED) is 0.169. The molecular formula is C58H49N. The van der Waals surface area contributed by atoms with Gasteiger partial charge in [0.05, 0.1) is 0 Å². The van der Waals surface area contributed by atoms with Crippen LogP contribution in [-0.2, 0) is 22.7 Å². The van der Waals surface area contributed by atoms with Crippen LogP contribution in [0.4, 0.5) is 17.1 Å². The van der Waals surface area contributed by atoms with Crippen molar-refractivity contribution in [2.24, 2.45) is 0 Å². The van der Waals surface area contributed by atoms with Crippen LogP contribution in [0.15, 0.2) is 182 Å². The van der Waals surface area contributed by atoms with Gasteiger partial charge in [-0.2, -0.15) is 0 Å². The van der Waals surface area contributed by atoms with Gasteiger partial charge in [0.15, 0.2) is 0 Å². The fourth-order valence-corrected chi connectivity index (χ4v) is 12.1. The zero-order chi connectivity index (χ0) is 39.7. The average molecular weight is 760 g/mol. The van der Waals surface area contributed by atoms with E-state index in [4.69, 9.17) is 0 Å². The van der Waals surface area contributed by atoms with Gasteiger partial charge < -0.3 is 4.90 Å². The third-order valence-electron chi connectivity index (χ3n) is 15.1. The van der Waals surface area contributed by atoms with Crippen LogP contribution in [0, 0.1) is 0 Å². The maximum absolute atomic E-state index is 2.64. The normalized spacial score (nSPS) is 21.7. The first-order valence-electron chi connectivity index (χ1n) is 21.7. The van der Waals surface area contributed by atoms with Crippen molar-refractivity contribution in [2.75, 3.05) is 4.90 Å². The molecule has 5 aliphatic rings. The second kappa shape index (κ2) is 12.4. The van der Waals surface area contributed by atoms with E-state index in [2.05, 4.69) is 209 Å². The molecular weight excluding hydrogens is 711 g/mol. The van der Waals surface area contributed by atoms with E-state index >= 15 is 0 Å². The molecule has 7 aromatic carbocycles. The summed E-state index contributed by atoms with van der Waals surface area (Å²) in [5, 5.41) is 0. The number of anilines is 3. The van der Waals surface area contributed by atoms with Crippen molar-refractivity contribution in [3.63, 3.8) is 0 Å². The van der Waals surface area contributed by atoms with Crippen molar-refractivity contribution in [2.45, 2.75) is 75.0 Å². The van der Waals surface area contributed by atoms with Crippen LogP contribution >= 0.6 is 0 Å². The summed E-state index contributed by atoms with van der Waals surface area (Å²) in [5.74, 6) is 0.975. The van der Waals surface area contributed by atoms with Gasteiger partial charge >= 0.3 is 0 Å². The molecule has 286 valence electrons. The summed E-state index contributed by atoms with van der Waals surface area (Å²) < 4.78 is 0. The third kappa shape index (κ3) is 4.97. The number of allylic oxidation sites excluding steroid dienone is 4. The van der Waals surface area contributed by atoms with Gasteiger partial charge in [0.2, 0.25) is 0 Å². The molecule has 12 rings (SSSR count). The molecule has 1 fully saturated rings. The number of benzene rings is 7. The Kier molecular flexibility index (Phi) is 7.33. The summed E-state index contributed by atoms with van der Waals surface area (Å²) in [4.78, 5) is 2.32. The van der Waals surface area contributed by atoms with Gasteiger partial charge in [-0.25, -0.2) is 0 Å². The van der Waals surface area contributed by atoms with E-state index < -0.39 is 0 Å². The molecule has 1 saturated carbocycles. The van der Waals surface area contributed by atoms with Gasteiger partial charge in [0, 0.05) is 39.2 Å². The first kappa shape index (κ1) is 34.8. The molecule has 7 aromatic rings. The fraction of sp³-hybridized carbons (Fsp3) is 0.207. The molecule has 0 aliphatic heterocycles. The van der Waals surface area contributed by atoms with Gasteiger partial charge in [0.25, 0.3) is 0 Å². The minimum Gasteiger partial charge on any atom is -0.311 e. The third-order valence-corrected chi connectivity index (χ3v) is 15.1. The Bertz CT molecular complexity index is 2850. The van der Waals surface area contributed by atoms with Crippen molar-refractivity contribution in [3.8, 4) is 33.4 Å². The number of hydrogen-bond acceptors (Lipinski definition) is 1. The molecule has 59 heavy (non-hydrogen) atoms. The number of hydrogen-bond donors (Lipinski definition) is 0. The molecule has 0 radical (unpaired) electrons. The summed E-state index contributed by atoms with van der Waals surface area (Å²) in [6.45, 7) is 9.82. The molecule has 0 saturated heterocycles. The lowest BCUT2D eigenvalue weighted by molar-refractivity contribution is 0.612. The number of fused-ring (bicyclic) bond motifs is 11. The topological polar surface area (TPSA) is 3.24 Å². The first-order valence-corrected chi connectivity index (χ1v) is 21.7. The van der Waals surface area contributed by atoms with E-state index in [1.165, 1.54) is 73.2 Å². The van der Waals surface area contributed by atoms with E-state index in [1.807, 2.05) is 0 Å². The van der Waals surface area contributed by atoms with Crippen LogP contribution in [0.25, 0.3) is 33.4 Å². The van der Waals surface area contributed by atoms with Crippen molar-refractivity contribution >= 4 is 17.1 Å². The zero-order valence-corrected chi connectivity index (χ0v) is 34.5. The van der Waals surface area contributed by atoms with Gasteiger partial charge in [0.1, 0.15) is 0 Å². The minimum atomic E-state index is -0.0433. The highest BCUT2D eigenvalue weighted by Crippen LogP contribution is 2.67. The van der Waals surface area contributed by atoms with Gasteiger partial charge in [-0.1, -0.05) is 167 Å². The Labute approximate surface area is 349 Å². The highest BCUT2D eigenvalue weighted by atomic mass is 15.1. The van der Waals surface area contributed by atoms with E-state index in [9.17, 15) is 0 Å². The summed E-state index contributed by atoms with van der Waals surface area (Å²) in [6.07, 6.45) is 10.5. The minimum absolute atomic E-state index is 0.0433. The predicted octanol–water partition coefficient (Wildman–Crippen LogP) is 15.0. The van der Waals surface area contributed by atoms with Crippen molar-refractivity contribution < 1.29 is 0 Å². The van der Waals surface area contributed by atoms with Crippen molar-refractivity contribution in [1.29, 1.82) is 0 Å². The van der Waals surface area contributed by atoms with E-state index in [0.717, 1.165) is 29.9 Å².